The zero-order valence-corrected chi connectivity index (χ0v) is 15.9. The summed E-state index contributed by atoms with van der Waals surface area (Å²) in [4.78, 5) is 29.3. The second-order valence-corrected chi connectivity index (χ2v) is 7.20. The van der Waals surface area contributed by atoms with Gasteiger partial charge in [-0.15, -0.1) is 0 Å². The molecule has 146 valence electrons. The van der Waals surface area contributed by atoms with Crippen molar-refractivity contribution in [2.75, 3.05) is 24.6 Å². The van der Waals surface area contributed by atoms with Crippen LogP contribution in [0, 0.1) is 28.6 Å². The monoisotopic (exact) mass is 388 g/mol. The summed E-state index contributed by atoms with van der Waals surface area (Å²) in [5, 5.41) is 19.7. The lowest BCUT2D eigenvalue weighted by Crippen LogP contribution is -2.42. The molecule has 0 aliphatic carbocycles. The fraction of sp³-hybridized carbons (Fsp3) is 0.381. The van der Waals surface area contributed by atoms with E-state index in [-0.39, 0.29) is 17.9 Å². The molecule has 0 bridgehead atoms. The van der Waals surface area contributed by atoms with Crippen molar-refractivity contribution in [3.05, 3.63) is 53.5 Å². The van der Waals surface area contributed by atoms with Gasteiger partial charge in [-0.05, 0) is 36.6 Å². The first-order chi connectivity index (χ1) is 14.2. The molecule has 4 rings (SSSR count). The third-order valence-corrected chi connectivity index (χ3v) is 5.44. The Morgan fingerprint density at radius 1 is 1.10 bits per heavy atom. The SMILES string of the molecule is N#Cc1cncc([C@@H]2CCON2C(=O)C2CCN(c3cc(C#N)ccn3)CC2)c1. The van der Waals surface area contributed by atoms with Gasteiger partial charge in [-0.2, -0.15) is 10.5 Å². The molecule has 2 saturated heterocycles. The Hall–Kier alpha value is -3.49. The lowest BCUT2D eigenvalue weighted by atomic mass is 9.94. The number of carbonyl (C=O) groups is 1. The van der Waals surface area contributed by atoms with Crippen molar-refractivity contribution in [3.8, 4) is 12.1 Å². The van der Waals surface area contributed by atoms with Gasteiger partial charge >= 0.3 is 0 Å². The van der Waals surface area contributed by atoms with Crippen molar-refractivity contribution in [2.24, 2.45) is 5.92 Å². The van der Waals surface area contributed by atoms with E-state index in [0.717, 1.165) is 11.4 Å². The van der Waals surface area contributed by atoms with E-state index < -0.39 is 0 Å². The van der Waals surface area contributed by atoms with Crippen molar-refractivity contribution >= 4 is 11.7 Å². The van der Waals surface area contributed by atoms with Gasteiger partial charge in [0.05, 0.1) is 29.8 Å². The number of piperidine rings is 1. The molecule has 0 radical (unpaired) electrons. The molecule has 29 heavy (non-hydrogen) atoms. The number of nitrogens with zero attached hydrogens (tertiary/aromatic N) is 6. The first-order valence-electron chi connectivity index (χ1n) is 9.61. The summed E-state index contributed by atoms with van der Waals surface area (Å²) >= 11 is 0. The third kappa shape index (κ3) is 3.89. The molecule has 2 aromatic rings. The topological polar surface area (TPSA) is 106 Å². The minimum absolute atomic E-state index is 0.0201. The van der Waals surface area contributed by atoms with Gasteiger partial charge in [0.15, 0.2) is 0 Å². The maximum absolute atomic E-state index is 13.1. The number of hydrogen-bond acceptors (Lipinski definition) is 7. The van der Waals surface area contributed by atoms with Crippen molar-refractivity contribution < 1.29 is 9.63 Å². The van der Waals surface area contributed by atoms with Crippen LogP contribution >= 0.6 is 0 Å². The van der Waals surface area contributed by atoms with E-state index in [1.807, 2.05) is 0 Å². The normalized spacial score (nSPS) is 19.6. The Labute approximate surface area is 168 Å². The predicted octanol–water partition coefficient (Wildman–Crippen LogP) is 2.34. The van der Waals surface area contributed by atoms with Crippen LogP contribution in [0.25, 0.3) is 0 Å². The molecule has 8 heteroatoms. The molecule has 0 unspecified atom stereocenters. The fourth-order valence-corrected chi connectivity index (χ4v) is 3.89. The highest BCUT2D eigenvalue weighted by atomic mass is 16.7. The molecule has 0 saturated carbocycles. The molecule has 2 aromatic heterocycles. The molecule has 1 amide bonds. The number of rotatable bonds is 3. The molecule has 1 atom stereocenters. The highest BCUT2D eigenvalue weighted by Crippen LogP contribution is 2.33. The largest absolute Gasteiger partial charge is 0.357 e. The zero-order chi connectivity index (χ0) is 20.2. The molecule has 8 nitrogen and oxygen atoms in total. The second-order valence-electron chi connectivity index (χ2n) is 7.20. The third-order valence-electron chi connectivity index (χ3n) is 5.44. The van der Waals surface area contributed by atoms with Crippen molar-refractivity contribution in [2.45, 2.75) is 25.3 Å². The quantitative estimate of drug-likeness (QED) is 0.794. The van der Waals surface area contributed by atoms with Crippen LogP contribution in [0.1, 0.15) is 42.0 Å². The average Bonchev–Trinajstić information content (AvgIpc) is 3.29. The Kier molecular flexibility index (Phi) is 5.37. The number of carbonyl (C=O) groups excluding carboxylic acids is 1. The number of aromatic nitrogens is 2. The van der Waals surface area contributed by atoms with E-state index in [1.54, 1.807) is 30.6 Å². The predicted molar refractivity (Wildman–Crippen MR) is 103 cm³/mol. The molecule has 2 aliphatic heterocycles. The van der Waals surface area contributed by atoms with Gasteiger partial charge in [-0.3, -0.25) is 14.6 Å². The second kappa shape index (κ2) is 8.26. The molecule has 0 aromatic carbocycles. The minimum atomic E-state index is -0.213. The molecular weight excluding hydrogens is 368 g/mol. The minimum Gasteiger partial charge on any atom is -0.357 e. The van der Waals surface area contributed by atoms with Crippen LogP contribution in [0.4, 0.5) is 5.82 Å². The van der Waals surface area contributed by atoms with E-state index in [4.69, 9.17) is 15.4 Å². The Bertz CT molecular complexity index is 987. The van der Waals surface area contributed by atoms with Crippen LogP contribution in [0.15, 0.2) is 36.8 Å². The van der Waals surface area contributed by atoms with Crippen LogP contribution in [0.5, 0.6) is 0 Å². The van der Waals surface area contributed by atoms with Crippen LogP contribution in [0.3, 0.4) is 0 Å². The van der Waals surface area contributed by atoms with Crippen LogP contribution in [0.2, 0.25) is 0 Å². The highest BCUT2D eigenvalue weighted by molar-refractivity contribution is 5.79. The zero-order valence-electron chi connectivity index (χ0n) is 15.9. The van der Waals surface area contributed by atoms with Gasteiger partial charge in [-0.1, -0.05) is 0 Å². The summed E-state index contributed by atoms with van der Waals surface area (Å²) in [6, 6.07) is 9.23. The number of pyridine rings is 2. The molecule has 4 heterocycles. The van der Waals surface area contributed by atoms with Gasteiger partial charge in [0.1, 0.15) is 11.9 Å². The molecular formula is C21H20N6O2. The van der Waals surface area contributed by atoms with Gasteiger partial charge < -0.3 is 4.90 Å². The van der Waals surface area contributed by atoms with Gasteiger partial charge in [0, 0.05) is 44.0 Å². The molecule has 0 N–H and O–H groups in total. The summed E-state index contributed by atoms with van der Waals surface area (Å²) in [5.41, 5.74) is 1.88. The first kappa shape index (κ1) is 18.9. The van der Waals surface area contributed by atoms with E-state index in [0.29, 0.717) is 50.1 Å². The molecule has 0 spiro atoms. The van der Waals surface area contributed by atoms with Crippen LogP contribution in [-0.4, -0.2) is 40.6 Å². The number of nitriles is 2. The van der Waals surface area contributed by atoms with Crippen molar-refractivity contribution in [1.29, 1.82) is 10.5 Å². The number of amides is 1. The standard InChI is InChI=1S/C21H20N6O2/c22-11-15-1-5-25-20(10-15)26-6-2-17(3-7-26)21(28)27-19(4-8-29-27)18-9-16(12-23)13-24-14-18/h1,5,9-10,13-14,17,19H,2-4,6-8H2/t19-/m0/s1. The summed E-state index contributed by atoms with van der Waals surface area (Å²) in [7, 11) is 0. The van der Waals surface area contributed by atoms with Crippen molar-refractivity contribution in [3.63, 3.8) is 0 Å². The van der Waals surface area contributed by atoms with Gasteiger partial charge in [-0.25, -0.2) is 10.0 Å². The van der Waals surface area contributed by atoms with E-state index in [2.05, 4.69) is 27.0 Å². The van der Waals surface area contributed by atoms with E-state index in [1.165, 1.54) is 11.3 Å². The van der Waals surface area contributed by atoms with Crippen molar-refractivity contribution in [1.82, 2.24) is 15.0 Å². The van der Waals surface area contributed by atoms with Gasteiger partial charge in [0.25, 0.3) is 0 Å². The van der Waals surface area contributed by atoms with E-state index in [9.17, 15) is 4.79 Å². The summed E-state index contributed by atoms with van der Waals surface area (Å²) in [6.45, 7) is 1.86. The maximum Gasteiger partial charge on any atom is 0.249 e. The summed E-state index contributed by atoms with van der Waals surface area (Å²) < 4.78 is 0. The van der Waals surface area contributed by atoms with Gasteiger partial charge in [0.2, 0.25) is 5.91 Å². The first-order valence-corrected chi connectivity index (χ1v) is 9.61. The smallest absolute Gasteiger partial charge is 0.249 e. The van der Waals surface area contributed by atoms with Crippen LogP contribution < -0.4 is 4.90 Å². The lowest BCUT2D eigenvalue weighted by molar-refractivity contribution is -0.182. The average molecular weight is 388 g/mol. The Morgan fingerprint density at radius 3 is 2.66 bits per heavy atom. The molecule has 2 fully saturated rings. The number of hydrogen-bond donors (Lipinski definition) is 0. The fourth-order valence-electron chi connectivity index (χ4n) is 3.89. The number of hydroxylamine groups is 2. The van der Waals surface area contributed by atoms with Crippen LogP contribution in [-0.2, 0) is 9.63 Å². The summed E-state index contributed by atoms with van der Waals surface area (Å²) in [6.07, 6.45) is 6.91. The highest BCUT2D eigenvalue weighted by Gasteiger charge is 2.37. The van der Waals surface area contributed by atoms with E-state index >= 15 is 0 Å². The number of anilines is 1. The summed E-state index contributed by atoms with van der Waals surface area (Å²) in [5.74, 6) is 0.621. The Balaban J connectivity index is 1.42. The Morgan fingerprint density at radius 2 is 1.90 bits per heavy atom. The maximum atomic E-state index is 13.1. The lowest BCUT2D eigenvalue weighted by Gasteiger charge is -2.34. The molecule has 2 aliphatic rings.